The van der Waals surface area contributed by atoms with Crippen molar-refractivity contribution in [1.82, 2.24) is 5.32 Å². The van der Waals surface area contributed by atoms with Gasteiger partial charge in [-0.2, -0.15) is 0 Å². The van der Waals surface area contributed by atoms with Crippen LogP contribution in [0.1, 0.15) is 25.8 Å². The third-order valence-electron chi connectivity index (χ3n) is 2.92. The second kappa shape index (κ2) is 9.96. The highest BCUT2D eigenvalue weighted by Gasteiger charge is 1.99. The molecule has 0 aliphatic heterocycles. The van der Waals surface area contributed by atoms with E-state index in [1.54, 1.807) is 0 Å². The molecular weight excluding hydrogens is 232 g/mol. The molecule has 0 unspecified atom stereocenters. The summed E-state index contributed by atoms with van der Waals surface area (Å²) < 4.78 is 5.65. The van der Waals surface area contributed by atoms with Crippen LogP contribution in [-0.2, 0) is 6.54 Å². The van der Waals surface area contributed by atoms with E-state index in [9.17, 15) is 0 Å². The van der Waals surface area contributed by atoms with Crippen LogP contribution in [0.4, 0.5) is 0 Å². The lowest BCUT2D eigenvalue weighted by molar-refractivity contribution is 0.383. The van der Waals surface area contributed by atoms with E-state index in [4.69, 9.17) is 4.74 Å². The lowest BCUT2D eigenvalue weighted by Gasteiger charge is -2.08. The van der Waals surface area contributed by atoms with Gasteiger partial charge in [-0.1, -0.05) is 44.9 Å². The van der Waals surface area contributed by atoms with Gasteiger partial charge in [0, 0.05) is 6.54 Å². The third kappa shape index (κ3) is 7.99. The summed E-state index contributed by atoms with van der Waals surface area (Å²) in [6, 6.07) is 8.35. The van der Waals surface area contributed by atoms with Crippen LogP contribution in [0.3, 0.4) is 0 Å². The van der Waals surface area contributed by atoms with Gasteiger partial charge in [0.25, 0.3) is 0 Å². The van der Waals surface area contributed by atoms with Crippen LogP contribution in [-0.4, -0.2) is 27.6 Å². The molecule has 0 atom stereocenters. The highest BCUT2D eigenvalue weighted by molar-refractivity contribution is 6.37. The van der Waals surface area contributed by atoms with Gasteiger partial charge >= 0.3 is 0 Å². The summed E-state index contributed by atoms with van der Waals surface area (Å²) in [5, 5.41) is 3.45. The molecule has 0 bridgehead atoms. The predicted octanol–water partition coefficient (Wildman–Crippen LogP) is 3.21. The second-order valence-electron chi connectivity index (χ2n) is 5.16. The fourth-order valence-electron chi connectivity index (χ4n) is 1.70. The summed E-state index contributed by atoms with van der Waals surface area (Å²) in [7, 11) is 4.38. The van der Waals surface area contributed by atoms with E-state index in [1.165, 1.54) is 18.3 Å². The molecule has 0 saturated heterocycles. The van der Waals surface area contributed by atoms with Crippen LogP contribution in [0.15, 0.2) is 24.3 Å². The normalized spacial score (nSPS) is 10.5. The Morgan fingerprint density at radius 3 is 2.58 bits per heavy atom. The molecule has 19 heavy (non-hydrogen) atoms. The Morgan fingerprint density at radius 1 is 1.21 bits per heavy atom. The van der Waals surface area contributed by atoms with Crippen molar-refractivity contribution in [2.24, 2.45) is 0 Å². The van der Waals surface area contributed by atoms with Gasteiger partial charge in [-0.3, -0.25) is 0 Å². The number of hydrogen-bond acceptors (Lipinski definition) is 2. The lowest BCUT2D eigenvalue weighted by Crippen LogP contribution is -2.14. The van der Waals surface area contributed by atoms with Gasteiger partial charge in [0.2, 0.25) is 0 Å². The van der Waals surface area contributed by atoms with Crippen molar-refractivity contribution in [3.63, 3.8) is 0 Å². The largest absolute Gasteiger partial charge is 0.503 e. The van der Waals surface area contributed by atoms with E-state index in [0.717, 1.165) is 18.8 Å². The van der Waals surface area contributed by atoms with Crippen molar-refractivity contribution in [3.05, 3.63) is 29.8 Å². The summed E-state index contributed by atoms with van der Waals surface area (Å²) >= 11 is 0. The summed E-state index contributed by atoms with van der Waals surface area (Å²) in [5.41, 5.74) is 1.31. The minimum atomic E-state index is 0.573. The molecule has 1 aromatic rings. The van der Waals surface area contributed by atoms with Crippen molar-refractivity contribution in [2.45, 2.75) is 45.8 Å². The molecule has 0 heterocycles. The molecule has 4 heteroatoms. The molecule has 0 aliphatic carbocycles. The Balaban J connectivity index is 2.19. The average molecular weight is 257 g/mol. The topological polar surface area (TPSA) is 21.3 Å². The van der Waals surface area contributed by atoms with Crippen LogP contribution in [0.5, 0.6) is 5.75 Å². The van der Waals surface area contributed by atoms with E-state index in [1.807, 2.05) is 12.1 Å². The zero-order valence-corrected chi connectivity index (χ0v) is 12.5. The zero-order valence-electron chi connectivity index (χ0n) is 12.5. The van der Waals surface area contributed by atoms with Gasteiger partial charge in [0.15, 0.2) is 7.28 Å². The van der Waals surface area contributed by atoms with E-state index in [2.05, 4.69) is 52.7 Å². The highest BCUT2D eigenvalue weighted by atomic mass is 16.5. The van der Waals surface area contributed by atoms with Crippen molar-refractivity contribution >= 4 is 14.6 Å². The Bertz CT molecular complexity index is 327. The zero-order chi connectivity index (χ0) is 13.9. The predicted molar refractivity (Wildman–Crippen MR) is 85.5 cm³/mol. The first-order chi connectivity index (χ1) is 9.22. The van der Waals surface area contributed by atoms with E-state index in [0.29, 0.717) is 12.3 Å². The molecule has 0 fully saturated rings. The van der Waals surface area contributed by atoms with Gasteiger partial charge in [0.1, 0.15) is 13.0 Å². The SMILES string of the molecule is C[B]CCCNCc1ccc(OC[B]C(C)C)cc1. The van der Waals surface area contributed by atoms with Gasteiger partial charge in [-0.25, -0.2) is 0 Å². The maximum absolute atomic E-state index is 5.65. The number of benzene rings is 1. The Morgan fingerprint density at radius 2 is 1.95 bits per heavy atom. The van der Waals surface area contributed by atoms with Crippen molar-refractivity contribution in [1.29, 1.82) is 0 Å². The summed E-state index contributed by atoms with van der Waals surface area (Å²) in [6.45, 7) is 9.12. The van der Waals surface area contributed by atoms with Gasteiger partial charge in [-0.05, 0) is 30.7 Å². The molecule has 1 aromatic carbocycles. The molecule has 2 nitrogen and oxygen atoms in total. The number of hydrogen-bond donors (Lipinski definition) is 1. The summed E-state index contributed by atoms with van der Waals surface area (Å²) in [5.74, 6) is 1.52. The molecule has 1 rings (SSSR count). The molecule has 0 spiro atoms. The molecule has 102 valence electrons. The van der Waals surface area contributed by atoms with E-state index < -0.39 is 0 Å². The number of rotatable bonds is 10. The molecule has 0 saturated carbocycles. The first-order valence-corrected chi connectivity index (χ1v) is 7.26. The van der Waals surface area contributed by atoms with E-state index in [-0.39, 0.29) is 0 Å². The van der Waals surface area contributed by atoms with Gasteiger partial charge in [0.05, 0.1) is 6.51 Å². The summed E-state index contributed by atoms with van der Waals surface area (Å²) in [4.78, 5) is 0. The second-order valence-corrected chi connectivity index (χ2v) is 5.16. The van der Waals surface area contributed by atoms with Crippen LogP contribution in [0, 0.1) is 0 Å². The van der Waals surface area contributed by atoms with Crippen molar-refractivity contribution < 1.29 is 4.74 Å². The molecular formula is C15H25B2NO. The van der Waals surface area contributed by atoms with Gasteiger partial charge in [-0.15, -0.1) is 0 Å². The quantitative estimate of drug-likeness (QED) is 0.513. The summed E-state index contributed by atoms with van der Waals surface area (Å²) in [6.07, 6.45) is 2.40. The van der Waals surface area contributed by atoms with Crippen LogP contribution in [0.25, 0.3) is 0 Å². The average Bonchev–Trinajstić information content (AvgIpc) is 2.40. The molecule has 1 N–H and O–H groups in total. The molecule has 0 aliphatic rings. The Hall–Kier alpha value is -0.890. The highest BCUT2D eigenvalue weighted by Crippen LogP contribution is 2.12. The Kier molecular flexibility index (Phi) is 8.48. The number of nitrogens with one attached hydrogen (secondary N) is 1. The first kappa shape index (κ1) is 16.2. The first-order valence-electron chi connectivity index (χ1n) is 7.26. The fraction of sp³-hybridized carbons (Fsp3) is 0.600. The molecule has 2 radical (unpaired) electrons. The van der Waals surface area contributed by atoms with Crippen LogP contribution < -0.4 is 10.1 Å². The van der Waals surface area contributed by atoms with E-state index >= 15 is 0 Å². The fourth-order valence-corrected chi connectivity index (χ4v) is 1.70. The smallest absolute Gasteiger partial charge is 0.164 e. The molecule has 0 aromatic heterocycles. The Labute approximate surface area is 119 Å². The van der Waals surface area contributed by atoms with Crippen LogP contribution >= 0.6 is 0 Å². The third-order valence-corrected chi connectivity index (χ3v) is 2.92. The van der Waals surface area contributed by atoms with Gasteiger partial charge < -0.3 is 10.1 Å². The standard InChI is InChI=1S/C15H25B2NO/c1-13(2)17-12-19-15-7-5-14(6-8-15)11-18-10-4-9-16-3/h5-8,13,18H,4,9-12H2,1-3H3. The monoisotopic (exact) mass is 257 g/mol. The van der Waals surface area contributed by atoms with Crippen molar-refractivity contribution in [3.8, 4) is 5.75 Å². The lowest BCUT2D eigenvalue weighted by atomic mass is 9.68. The minimum absolute atomic E-state index is 0.573. The maximum Gasteiger partial charge on any atom is 0.164 e. The minimum Gasteiger partial charge on any atom is -0.503 e. The number of ether oxygens (including phenoxy) is 1. The van der Waals surface area contributed by atoms with Crippen LogP contribution in [0.2, 0.25) is 19.0 Å². The maximum atomic E-state index is 5.65. The van der Waals surface area contributed by atoms with Crippen molar-refractivity contribution in [2.75, 3.05) is 13.1 Å². The molecule has 0 amide bonds.